The molecule has 2 heterocycles. The summed E-state index contributed by atoms with van der Waals surface area (Å²) in [5, 5.41) is 14.5. The Morgan fingerprint density at radius 3 is 2.92 bits per heavy atom. The Morgan fingerprint density at radius 2 is 2.19 bits per heavy atom. The third-order valence-corrected chi connectivity index (χ3v) is 4.54. The number of piperidine rings is 1. The first-order valence-electron chi connectivity index (χ1n) is 8.42. The maximum absolute atomic E-state index is 13.9. The predicted octanol–water partition coefficient (Wildman–Crippen LogP) is 1.94. The summed E-state index contributed by atoms with van der Waals surface area (Å²) in [6.45, 7) is 0.822. The van der Waals surface area contributed by atoms with Crippen LogP contribution in [0.4, 0.5) is 8.78 Å². The van der Waals surface area contributed by atoms with Gasteiger partial charge in [0.25, 0.3) is 5.91 Å². The summed E-state index contributed by atoms with van der Waals surface area (Å²) >= 11 is 0. The molecule has 1 amide bonds. The van der Waals surface area contributed by atoms with E-state index in [1.54, 1.807) is 18.0 Å². The Kier molecular flexibility index (Phi) is 5.33. The lowest BCUT2D eigenvalue weighted by Crippen LogP contribution is -2.57. The van der Waals surface area contributed by atoms with Gasteiger partial charge in [-0.2, -0.15) is 0 Å². The van der Waals surface area contributed by atoms with Gasteiger partial charge in [0.05, 0.1) is 12.7 Å². The largest absolute Gasteiger partial charge is 0.379 e. The summed E-state index contributed by atoms with van der Waals surface area (Å²) in [6, 6.07) is 5.59. The average Bonchev–Trinajstić information content (AvgIpc) is 3.09. The van der Waals surface area contributed by atoms with Crippen LogP contribution in [0.25, 0.3) is 0 Å². The summed E-state index contributed by atoms with van der Waals surface area (Å²) in [6.07, 6.45) is 2.42. The minimum Gasteiger partial charge on any atom is -0.379 e. The summed E-state index contributed by atoms with van der Waals surface area (Å²) in [7, 11) is 1.76. The van der Waals surface area contributed by atoms with Crippen LogP contribution >= 0.6 is 0 Å². The minimum absolute atomic E-state index is 0.0729. The Hall–Kier alpha value is -2.32. The van der Waals surface area contributed by atoms with E-state index in [0.29, 0.717) is 31.7 Å². The van der Waals surface area contributed by atoms with Gasteiger partial charge in [-0.3, -0.25) is 9.69 Å². The second-order valence-electron chi connectivity index (χ2n) is 6.73. The number of aliphatic hydroxyl groups is 1. The van der Waals surface area contributed by atoms with Crippen molar-refractivity contribution in [2.45, 2.75) is 31.5 Å². The van der Waals surface area contributed by atoms with Crippen LogP contribution in [0, 0.1) is 11.6 Å². The molecule has 8 heteroatoms. The lowest BCUT2D eigenvalue weighted by Gasteiger charge is -2.40. The second-order valence-corrected chi connectivity index (χ2v) is 6.73. The molecule has 0 unspecified atom stereocenters. The zero-order valence-corrected chi connectivity index (χ0v) is 14.5. The number of hydrogen-bond donors (Lipinski definition) is 1. The molecule has 1 fully saturated rings. The fourth-order valence-electron chi connectivity index (χ4n) is 3.33. The van der Waals surface area contributed by atoms with Crippen molar-refractivity contribution in [2.75, 3.05) is 20.1 Å². The highest BCUT2D eigenvalue weighted by molar-refractivity contribution is 5.86. The lowest BCUT2D eigenvalue weighted by atomic mass is 9.90. The van der Waals surface area contributed by atoms with Gasteiger partial charge < -0.3 is 14.5 Å². The molecule has 1 aliphatic rings. The molecule has 0 spiro atoms. The number of hydrogen-bond acceptors (Lipinski definition) is 5. The molecule has 1 atom stereocenters. The van der Waals surface area contributed by atoms with Crippen LogP contribution in [0.1, 0.15) is 24.2 Å². The summed E-state index contributed by atoms with van der Waals surface area (Å²) in [5.41, 5.74) is -1.48. The number of halogens is 2. The summed E-state index contributed by atoms with van der Waals surface area (Å²) < 4.78 is 32.3. The number of likely N-dealkylation sites (N-methyl/N-ethyl adjacent to an activating group) is 1. The van der Waals surface area contributed by atoms with Crippen molar-refractivity contribution in [1.82, 2.24) is 15.0 Å². The molecule has 6 nitrogen and oxygen atoms in total. The highest BCUT2D eigenvalue weighted by atomic mass is 19.2. The average molecular weight is 365 g/mol. The van der Waals surface area contributed by atoms with Crippen LogP contribution in [0.5, 0.6) is 0 Å². The predicted molar refractivity (Wildman–Crippen MR) is 88.8 cm³/mol. The van der Waals surface area contributed by atoms with Crippen molar-refractivity contribution >= 4 is 5.91 Å². The number of likely N-dealkylation sites (tertiary alicyclic amines) is 1. The fraction of sp³-hybridized carbons (Fsp3) is 0.444. The molecule has 0 bridgehead atoms. The number of carbonyl (C=O) groups excluding carboxylic acids is 1. The van der Waals surface area contributed by atoms with E-state index >= 15 is 0 Å². The molecule has 1 aliphatic heterocycles. The lowest BCUT2D eigenvalue weighted by molar-refractivity contribution is -0.160. The maximum Gasteiger partial charge on any atom is 0.256 e. The van der Waals surface area contributed by atoms with Crippen molar-refractivity contribution in [1.29, 1.82) is 0 Å². The molecule has 140 valence electrons. The molecule has 0 radical (unpaired) electrons. The molecular formula is C18H21F2N3O3. The smallest absolute Gasteiger partial charge is 0.256 e. The molecule has 0 saturated carbocycles. The standard InChI is InChI=1S/C18H21F2N3O3/c1-22(11-14-6-8-21-26-14)12-18(25)7-3-9-23(17(18)24)10-13-4-2-5-15(19)16(13)20/h2,4-6,8,25H,3,7,9-12H2,1H3/t18-/m1/s1. The number of benzene rings is 1. The first kappa shape index (κ1) is 18.5. The minimum atomic E-state index is -1.57. The van der Waals surface area contributed by atoms with Gasteiger partial charge in [-0.1, -0.05) is 17.3 Å². The number of amides is 1. The van der Waals surface area contributed by atoms with Gasteiger partial charge >= 0.3 is 0 Å². The van der Waals surface area contributed by atoms with Gasteiger partial charge in [0.15, 0.2) is 23.0 Å². The van der Waals surface area contributed by atoms with Gasteiger partial charge in [0.2, 0.25) is 0 Å². The van der Waals surface area contributed by atoms with Crippen molar-refractivity contribution in [3.05, 3.63) is 53.4 Å². The van der Waals surface area contributed by atoms with E-state index in [-0.39, 0.29) is 18.7 Å². The van der Waals surface area contributed by atoms with Gasteiger partial charge in [-0.15, -0.1) is 0 Å². The monoisotopic (exact) mass is 365 g/mol. The van der Waals surface area contributed by atoms with E-state index in [4.69, 9.17) is 4.52 Å². The number of aromatic nitrogens is 1. The first-order valence-corrected chi connectivity index (χ1v) is 8.42. The van der Waals surface area contributed by atoms with E-state index in [0.717, 1.165) is 6.07 Å². The Morgan fingerprint density at radius 1 is 1.38 bits per heavy atom. The molecule has 1 aromatic heterocycles. The van der Waals surface area contributed by atoms with Crippen molar-refractivity contribution in [3.63, 3.8) is 0 Å². The van der Waals surface area contributed by atoms with Crippen LogP contribution in [-0.2, 0) is 17.9 Å². The number of carbonyl (C=O) groups is 1. The fourth-order valence-corrected chi connectivity index (χ4v) is 3.33. The van der Waals surface area contributed by atoms with Crippen LogP contribution < -0.4 is 0 Å². The van der Waals surface area contributed by atoms with Crippen LogP contribution in [0.3, 0.4) is 0 Å². The van der Waals surface area contributed by atoms with Crippen LogP contribution in [0.15, 0.2) is 35.0 Å². The SMILES string of the molecule is CN(Cc1ccno1)C[C@]1(O)CCCN(Cc2cccc(F)c2F)C1=O. The quantitative estimate of drug-likeness (QED) is 0.847. The van der Waals surface area contributed by atoms with Gasteiger partial charge in [-0.05, 0) is 26.0 Å². The highest BCUT2D eigenvalue weighted by Crippen LogP contribution is 2.26. The van der Waals surface area contributed by atoms with E-state index in [2.05, 4.69) is 5.16 Å². The molecule has 0 aliphatic carbocycles. The molecule has 3 rings (SSSR count). The van der Waals surface area contributed by atoms with Crippen LogP contribution in [0.2, 0.25) is 0 Å². The Bertz CT molecular complexity index is 769. The van der Waals surface area contributed by atoms with E-state index < -0.39 is 23.1 Å². The third kappa shape index (κ3) is 3.91. The van der Waals surface area contributed by atoms with Crippen molar-refractivity contribution < 1.29 is 23.2 Å². The van der Waals surface area contributed by atoms with Crippen LogP contribution in [-0.4, -0.2) is 51.7 Å². The second kappa shape index (κ2) is 7.51. The van der Waals surface area contributed by atoms with Crippen molar-refractivity contribution in [2.24, 2.45) is 0 Å². The van der Waals surface area contributed by atoms with E-state index in [9.17, 15) is 18.7 Å². The summed E-state index contributed by atoms with van der Waals surface area (Å²) in [5.74, 6) is -1.76. The molecular weight excluding hydrogens is 344 g/mol. The van der Waals surface area contributed by atoms with E-state index in [1.165, 1.54) is 23.2 Å². The summed E-state index contributed by atoms with van der Waals surface area (Å²) in [4.78, 5) is 15.9. The highest BCUT2D eigenvalue weighted by Gasteiger charge is 2.43. The Balaban J connectivity index is 1.68. The molecule has 1 N–H and O–H groups in total. The van der Waals surface area contributed by atoms with Crippen molar-refractivity contribution in [3.8, 4) is 0 Å². The Labute approximate surface area is 150 Å². The topological polar surface area (TPSA) is 69.8 Å². The first-order chi connectivity index (χ1) is 12.4. The maximum atomic E-state index is 13.9. The molecule has 1 aromatic carbocycles. The zero-order chi connectivity index (χ0) is 18.7. The van der Waals surface area contributed by atoms with Gasteiger partial charge in [0.1, 0.15) is 0 Å². The third-order valence-electron chi connectivity index (χ3n) is 4.54. The van der Waals surface area contributed by atoms with Gasteiger partial charge in [0, 0.05) is 31.3 Å². The van der Waals surface area contributed by atoms with Gasteiger partial charge in [-0.25, -0.2) is 8.78 Å². The number of nitrogens with zero attached hydrogens (tertiary/aromatic N) is 3. The molecule has 26 heavy (non-hydrogen) atoms. The molecule has 1 saturated heterocycles. The number of rotatable bonds is 6. The zero-order valence-electron chi connectivity index (χ0n) is 14.5. The van der Waals surface area contributed by atoms with E-state index in [1.807, 2.05) is 0 Å². The normalized spacial score (nSPS) is 20.8. The molecule has 2 aromatic rings.